The molecular formula is C21H19BrN4O. The summed E-state index contributed by atoms with van der Waals surface area (Å²) in [5.74, 6) is 1.38. The first-order valence-electron chi connectivity index (χ1n) is 8.52. The summed E-state index contributed by atoms with van der Waals surface area (Å²) in [4.78, 5) is 9.00. The maximum atomic E-state index is 5.47. The number of ether oxygens (including phenoxy) is 1. The van der Waals surface area contributed by atoms with Crippen LogP contribution in [0.1, 0.15) is 18.2 Å². The number of aliphatic imine (C=N–C) groups is 1. The summed E-state index contributed by atoms with van der Waals surface area (Å²) in [7, 11) is 0. The smallest absolute Gasteiger partial charge is 0.172 e. The molecule has 0 fully saturated rings. The van der Waals surface area contributed by atoms with Crippen LogP contribution in [-0.4, -0.2) is 23.6 Å². The van der Waals surface area contributed by atoms with Crippen molar-refractivity contribution in [2.45, 2.75) is 6.92 Å². The van der Waals surface area contributed by atoms with Crippen LogP contribution in [0.4, 0.5) is 5.69 Å². The fourth-order valence-corrected chi connectivity index (χ4v) is 2.54. The predicted octanol–water partition coefficient (Wildman–Crippen LogP) is 4.94. The van der Waals surface area contributed by atoms with E-state index in [0.29, 0.717) is 18.1 Å². The Bertz CT molecular complexity index is 907. The van der Waals surface area contributed by atoms with Gasteiger partial charge in [0.2, 0.25) is 0 Å². The van der Waals surface area contributed by atoms with E-state index in [1.54, 1.807) is 12.4 Å². The Labute approximate surface area is 167 Å². The van der Waals surface area contributed by atoms with E-state index in [-0.39, 0.29) is 0 Å². The highest BCUT2D eigenvalue weighted by molar-refractivity contribution is 9.10. The molecule has 6 heteroatoms. The molecule has 1 N–H and O–H groups in total. The van der Waals surface area contributed by atoms with Crippen LogP contribution in [0.5, 0.6) is 5.75 Å². The molecule has 0 atom stereocenters. The first-order chi connectivity index (χ1) is 13.2. The largest absolute Gasteiger partial charge is 0.494 e. The van der Waals surface area contributed by atoms with Crippen LogP contribution in [0.15, 0.2) is 87.5 Å². The average molecular weight is 423 g/mol. The predicted molar refractivity (Wildman–Crippen MR) is 113 cm³/mol. The second-order valence-corrected chi connectivity index (χ2v) is 6.44. The molecule has 136 valence electrons. The molecule has 1 aromatic heterocycles. The minimum Gasteiger partial charge on any atom is -0.494 e. The van der Waals surface area contributed by atoms with Gasteiger partial charge in [0.15, 0.2) is 5.84 Å². The van der Waals surface area contributed by atoms with Crippen LogP contribution < -0.4 is 10.2 Å². The van der Waals surface area contributed by atoms with Crippen LogP contribution in [-0.2, 0) is 0 Å². The maximum Gasteiger partial charge on any atom is 0.172 e. The fraction of sp³-hybridized carbons (Fsp3) is 0.0952. The Kier molecular flexibility index (Phi) is 6.71. The number of aromatic nitrogens is 1. The van der Waals surface area contributed by atoms with E-state index < -0.39 is 0 Å². The normalized spacial score (nSPS) is 11.6. The van der Waals surface area contributed by atoms with Gasteiger partial charge in [0.1, 0.15) is 11.4 Å². The maximum absolute atomic E-state index is 5.47. The van der Waals surface area contributed by atoms with Crippen molar-refractivity contribution in [2.24, 2.45) is 10.1 Å². The van der Waals surface area contributed by atoms with Crippen molar-refractivity contribution in [3.63, 3.8) is 0 Å². The summed E-state index contributed by atoms with van der Waals surface area (Å²) in [5, 5.41) is 4.31. The van der Waals surface area contributed by atoms with E-state index in [1.165, 1.54) is 0 Å². The third-order valence-corrected chi connectivity index (χ3v) is 4.08. The number of halogens is 1. The topological polar surface area (TPSA) is 58.9 Å². The summed E-state index contributed by atoms with van der Waals surface area (Å²) < 4.78 is 6.50. The van der Waals surface area contributed by atoms with Crippen LogP contribution in [0.25, 0.3) is 0 Å². The molecule has 0 aliphatic carbocycles. The van der Waals surface area contributed by atoms with Gasteiger partial charge in [-0.2, -0.15) is 5.10 Å². The first-order valence-corrected chi connectivity index (χ1v) is 9.31. The molecule has 0 saturated carbocycles. The highest BCUT2D eigenvalue weighted by Gasteiger charge is 2.04. The molecular weight excluding hydrogens is 404 g/mol. The van der Waals surface area contributed by atoms with Crippen molar-refractivity contribution >= 4 is 33.7 Å². The molecule has 27 heavy (non-hydrogen) atoms. The van der Waals surface area contributed by atoms with Gasteiger partial charge in [-0.05, 0) is 61.0 Å². The molecule has 0 aliphatic heterocycles. The minimum absolute atomic E-state index is 0.563. The number of nitrogens with zero attached hydrogens (tertiary/aromatic N) is 3. The molecule has 3 rings (SSSR count). The Morgan fingerprint density at radius 1 is 1.07 bits per heavy atom. The average Bonchev–Trinajstić information content (AvgIpc) is 2.71. The van der Waals surface area contributed by atoms with Gasteiger partial charge in [-0.3, -0.25) is 10.4 Å². The van der Waals surface area contributed by atoms with Gasteiger partial charge in [0, 0.05) is 10.7 Å². The van der Waals surface area contributed by atoms with Gasteiger partial charge in [-0.1, -0.05) is 34.1 Å². The lowest BCUT2D eigenvalue weighted by Gasteiger charge is -2.06. The van der Waals surface area contributed by atoms with Gasteiger partial charge < -0.3 is 4.74 Å². The van der Waals surface area contributed by atoms with Gasteiger partial charge in [0.05, 0.1) is 18.5 Å². The van der Waals surface area contributed by atoms with Crippen LogP contribution in [0, 0.1) is 0 Å². The summed E-state index contributed by atoms with van der Waals surface area (Å²) in [5.41, 5.74) is 5.47. The highest BCUT2D eigenvalue weighted by atomic mass is 79.9. The number of hydrazone groups is 1. The lowest BCUT2D eigenvalue weighted by molar-refractivity contribution is 0.340. The first kappa shape index (κ1) is 18.8. The minimum atomic E-state index is 0.563. The molecule has 2 aromatic carbocycles. The number of rotatable bonds is 6. The van der Waals surface area contributed by atoms with Gasteiger partial charge in [-0.25, -0.2) is 4.99 Å². The molecule has 0 unspecified atom stereocenters. The van der Waals surface area contributed by atoms with Crippen molar-refractivity contribution in [2.75, 3.05) is 6.61 Å². The van der Waals surface area contributed by atoms with Crippen LogP contribution >= 0.6 is 15.9 Å². The lowest BCUT2D eigenvalue weighted by atomic mass is 10.2. The van der Waals surface area contributed by atoms with E-state index >= 15 is 0 Å². The Morgan fingerprint density at radius 2 is 1.85 bits per heavy atom. The summed E-state index contributed by atoms with van der Waals surface area (Å²) in [6, 6.07) is 21.1. The number of hydrogen-bond acceptors (Lipinski definition) is 4. The van der Waals surface area contributed by atoms with Gasteiger partial charge >= 0.3 is 0 Å². The summed E-state index contributed by atoms with van der Waals surface area (Å²) >= 11 is 3.42. The summed E-state index contributed by atoms with van der Waals surface area (Å²) in [6.45, 7) is 2.59. The fourth-order valence-electron chi connectivity index (χ4n) is 2.27. The number of benzene rings is 2. The Morgan fingerprint density at radius 3 is 2.52 bits per heavy atom. The second-order valence-electron chi connectivity index (χ2n) is 5.52. The third-order valence-electron chi connectivity index (χ3n) is 3.55. The zero-order valence-electron chi connectivity index (χ0n) is 14.8. The standard InChI is InChI=1S/C21H19BrN4O/c1-2-27-19-12-10-18(11-13-19)25-21(20-5-3-4-14-23-20)26-24-15-16-6-8-17(22)9-7-16/h3-15H,2H2,1H3,(H,25,26)/b24-15+. The quantitative estimate of drug-likeness (QED) is 0.347. The third kappa shape index (κ3) is 5.76. The number of pyridine rings is 1. The van der Waals surface area contributed by atoms with E-state index in [9.17, 15) is 0 Å². The van der Waals surface area contributed by atoms with Crippen molar-refractivity contribution in [1.29, 1.82) is 0 Å². The molecule has 0 spiro atoms. The monoisotopic (exact) mass is 422 g/mol. The molecule has 1 heterocycles. The molecule has 0 amide bonds. The zero-order valence-corrected chi connectivity index (χ0v) is 16.4. The van der Waals surface area contributed by atoms with E-state index in [4.69, 9.17) is 4.74 Å². The Balaban J connectivity index is 1.81. The number of amidine groups is 1. The van der Waals surface area contributed by atoms with E-state index in [0.717, 1.165) is 21.5 Å². The van der Waals surface area contributed by atoms with E-state index in [2.05, 4.69) is 36.4 Å². The molecule has 5 nitrogen and oxygen atoms in total. The van der Waals surface area contributed by atoms with Crippen molar-refractivity contribution in [1.82, 2.24) is 10.4 Å². The number of hydrogen-bond donors (Lipinski definition) is 1. The SMILES string of the molecule is CCOc1ccc(N=C(N/N=C/c2ccc(Br)cc2)c2ccccn2)cc1. The molecule has 0 radical (unpaired) electrons. The van der Waals surface area contributed by atoms with Crippen molar-refractivity contribution < 1.29 is 4.74 Å². The zero-order chi connectivity index (χ0) is 18.9. The lowest BCUT2D eigenvalue weighted by Crippen LogP contribution is -2.20. The summed E-state index contributed by atoms with van der Waals surface area (Å²) in [6.07, 6.45) is 3.46. The van der Waals surface area contributed by atoms with E-state index in [1.807, 2.05) is 73.7 Å². The Hall–Kier alpha value is -2.99. The van der Waals surface area contributed by atoms with Gasteiger partial charge in [0.25, 0.3) is 0 Å². The van der Waals surface area contributed by atoms with Gasteiger partial charge in [-0.15, -0.1) is 0 Å². The van der Waals surface area contributed by atoms with Crippen molar-refractivity contribution in [3.05, 3.63) is 88.7 Å². The highest BCUT2D eigenvalue weighted by Crippen LogP contribution is 2.18. The molecule has 0 aliphatic rings. The van der Waals surface area contributed by atoms with Crippen LogP contribution in [0.3, 0.4) is 0 Å². The molecule has 0 bridgehead atoms. The molecule has 0 saturated heterocycles. The van der Waals surface area contributed by atoms with Crippen LogP contribution in [0.2, 0.25) is 0 Å². The number of nitrogens with one attached hydrogen (secondary N) is 1. The molecule has 3 aromatic rings. The second kappa shape index (κ2) is 9.64. The van der Waals surface area contributed by atoms with Crippen molar-refractivity contribution in [3.8, 4) is 5.75 Å².